The molecule has 110 valence electrons. The first-order valence-corrected chi connectivity index (χ1v) is 7.16. The number of fused-ring (bicyclic) bond motifs is 1. The lowest BCUT2D eigenvalue weighted by atomic mass is 10.0. The van der Waals surface area contributed by atoms with Crippen molar-refractivity contribution in [2.24, 2.45) is 5.73 Å². The summed E-state index contributed by atoms with van der Waals surface area (Å²) in [5.74, 6) is 1.60. The molecule has 2 aromatic rings. The number of pyridine rings is 1. The second-order valence-electron chi connectivity index (χ2n) is 5.91. The van der Waals surface area contributed by atoms with Gasteiger partial charge in [0.05, 0.1) is 0 Å². The molecule has 0 fully saturated rings. The molecule has 1 aliphatic rings. The first kappa shape index (κ1) is 13.9. The lowest BCUT2D eigenvalue weighted by Crippen LogP contribution is -2.25. The largest absolute Gasteiger partial charge is 0.483 e. The van der Waals surface area contributed by atoms with E-state index in [1.54, 1.807) is 12.4 Å². The molecule has 0 saturated carbocycles. The predicted molar refractivity (Wildman–Crippen MR) is 81.5 cm³/mol. The number of hydrogen-bond donors (Lipinski definition) is 1. The van der Waals surface area contributed by atoms with Crippen molar-refractivity contribution < 1.29 is 9.47 Å². The van der Waals surface area contributed by atoms with Crippen molar-refractivity contribution in [1.29, 1.82) is 0 Å². The Kier molecular flexibility index (Phi) is 3.55. The molecule has 1 aliphatic heterocycles. The lowest BCUT2D eigenvalue weighted by Gasteiger charge is -2.21. The normalized spacial score (nSPS) is 16.9. The number of nitrogens with two attached hydrogens (primary N) is 1. The highest BCUT2D eigenvalue weighted by molar-refractivity contribution is 5.50. The van der Waals surface area contributed by atoms with Gasteiger partial charge < -0.3 is 15.2 Å². The van der Waals surface area contributed by atoms with Crippen LogP contribution in [0.5, 0.6) is 11.5 Å². The van der Waals surface area contributed by atoms with Crippen LogP contribution in [0.25, 0.3) is 0 Å². The van der Waals surface area contributed by atoms with Gasteiger partial charge in [0.15, 0.2) is 11.5 Å². The summed E-state index contributed by atoms with van der Waals surface area (Å²) in [6.45, 7) is 4.57. The van der Waals surface area contributed by atoms with Crippen LogP contribution in [0, 0.1) is 0 Å². The highest BCUT2D eigenvalue weighted by atomic mass is 16.5. The molecule has 2 N–H and O–H groups in total. The van der Waals surface area contributed by atoms with Crippen molar-refractivity contribution in [1.82, 2.24) is 4.98 Å². The third-order valence-corrected chi connectivity index (χ3v) is 3.62. The Bertz CT molecular complexity index is 626. The molecule has 0 saturated heterocycles. The highest BCUT2D eigenvalue weighted by Gasteiger charge is 2.32. The average Bonchev–Trinajstić information content (AvgIpc) is 2.80. The molecule has 2 heterocycles. The Morgan fingerprint density at radius 1 is 1.29 bits per heavy atom. The van der Waals surface area contributed by atoms with E-state index in [0.717, 1.165) is 23.5 Å². The number of hydrogen-bond acceptors (Lipinski definition) is 4. The van der Waals surface area contributed by atoms with Gasteiger partial charge in [-0.15, -0.1) is 0 Å². The molecule has 0 amide bonds. The number of nitrogens with zero attached hydrogens (tertiary/aromatic N) is 1. The maximum atomic E-state index is 6.11. The van der Waals surface area contributed by atoms with Gasteiger partial charge in [-0.1, -0.05) is 12.1 Å². The number of benzene rings is 1. The quantitative estimate of drug-likeness (QED) is 0.938. The van der Waals surface area contributed by atoms with Crippen molar-refractivity contribution in [3.63, 3.8) is 0 Å². The SMILES string of the molecule is CC1(C)Cc2cccc(OC(CN)c3ccncc3)c2O1. The van der Waals surface area contributed by atoms with E-state index >= 15 is 0 Å². The fourth-order valence-electron chi connectivity index (χ4n) is 2.66. The van der Waals surface area contributed by atoms with Gasteiger partial charge in [0, 0.05) is 30.9 Å². The monoisotopic (exact) mass is 284 g/mol. The Morgan fingerprint density at radius 2 is 2.05 bits per heavy atom. The lowest BCUT2D eigenvalue weighted by molar-refractivity contribution is 0.126. The third kappa shape index (κ3) is 2.85. The minimum Gasteiger partial charge on any atom is -0.483 e. The van der Waals surface area contributed by atoms with E-state index in [1.807, 2.05) is 24.3 Å². The van der Waals surface area contributed by atoms with E-state index < -0.39 is 0 Å². The van der Waals surface area contributed by atoms with Gasteiger partial charge >= 0.3 is 0 Å². The van der Waals surface area contributed by atoms with Gasteiger partial charge in [-0.2, -0.15) is 0 Å². The van der Waals surface area contributed by atoms with Crippen LogP contribution >= 0.6 is 0 Å². The molecule has 1 atom stereocenters. The van der Waals surface area contributed by atoms with Crippen molar-refractivity contribution >= 4 is 0 Å². The molecule has 0 radical (unpaired) electrons. The summed E-state index contributed by atoms with van der Waals surface area (Å²) in [6.07, 6.45) is 4.18. The molecule has 1 aromatic heterocycles. The minimum atomic E-state index is -0.202. The van der Waals surface area contributed by atoms with Crippen LogP contribution in [-0.2, 0) is 6.42 Å². The molecule has 3 rings (SSSR count). The van der Waals surface area contributed by atoms with E-state index in [-0.39, 0.29) is 11.7 Å². The van der Waals surface area contributed by atoms with Gasteiger partial charge in [-0.25, -0.2) is 0 Å². The fourth-order valence-corrected chi connectivity index (χ4v) is 2.66. The van der Waals surface area contributed by atoms with Crippen molar-refractivity contribution in [3.8, 4) is 11.5 Å². The molecule has 0 spiro atoms. The fraction of sp³-hybridized carbons (Fsp3) is 0.353. The Balaban J connectivity index is 1.88. The number of aromatic nitrogens is 1. The van der Waals surface area contributed by atoms with Gasteiger partial charge in [0.2, 0.25) is 0 Å². The summed E-state index contributed by atoms with van der Waals surface area (Å²) < 4.78 is 12.1. The van der Waals surface area contributed by atoms with Crippen LogP contribution in [0.3, 0.4) is 0 Å². The molecule has 0 aliphatic carbocycles. The van der Waals surface area contributed by atoms with E-state index in [0.29, 0.717) is 6.54 Å². The summed E-state index contributed by atoms with van der Waals surface area (Å²) in [5, 5.41) is 0. The third-order valence-electron chi connectivity index (χ3n) is 3.62. The number of para-hydroxylation sites is 1. The number of rotatable bonds is 4. The van der Waals surface area contributed by atoms with Crippen LogP contribution in [0.2, 0.25) is 0 Å². The summed E-state index contributed by atoms with van der Waals surface area (Å²) in [6, 6.07) is 9.86. The zero-order valence-corrected chi connectivity index (χ0v) is 12.4. The molecule has 4 heteroatoms. The van der Waals surface area contributed by atoms with Crippen molar-refractivity contribution in [3.05, 3.63) is 53.9 Å². The smallest absolute Gasteiger partial charge is 0.165 e. The zero-order chi connectivity index (χ0) is 14.9. The van der Waals surface area contributed by atoms with Crippen LogP contribution in [-0.4, -0.2) is 17.1 Å². The van der Waals surface area contributed by atoms with Crippen LogP contribution in [0.1, 0.15) is 31.1 Å². The molecular formula is C17H20N2O2. The standard InChI is InChI=1S/C17H20N2O2/c1-17(2)10-13-4-3-5-14(16(13)21-17)20-15(11-18)12-6-8-19-9-7-12/h3-9,15H,10-11,18H2,1-2H3. The second kappa shape index (κ2) is 5.37. The summed E-state index contributed by atoms with van der Waals surface area (Å²) in [7, 11) is 0. The molecule has 1 aromatic carbocycles. The van der Waals surface area contributed by atoms with Gasteiger partial charge in [-0.3, -0.25) is 4.98 Å². The first-order chi connectivity index (χ1) is 10.1. The van der Waals surface area contributed by atoms with Crippen molar-refractivity contribution in [2.75, 3.05) is 6.54 Å². The Morgan fingerprint density at radius 3 is 2.76 bits per heavy atom. The average molecular weight is 284 g/mol. The van der Waals surface area contributed by atoms with Crippen LogP contribution in [0.15, 0.2) is 42.7 Å². The molecule has 0 bridgehead atoms. The van der Waals surface area contributed by atoms with E-state index in [9.17, 15) is 0 Å². The first-order valence-electron chi connectivity index (χ1n) is 7.16. The van der Waals surface area contributed by atoms with Crippen LogP contribution < -0.4 is 15.2 Å². The topological polar surface area (TPSA) is 57.4 Å². The highest BCUT2D eigenvalue weighted by Crippen LogP contribution is 2.42. The Labute approximate surface area is 124 Å². The summed E-state index contributed by atoms with van der Waals surface area (Å²) >= 11 is 0. The van der Waals surface area contributed by atoms with E-state index in [1.165, 1.54) is 5.56 Å². The van der Waals surface area contributed by atoms with E-state index in [4.69, 9.17) is 15.2 Å². The molecule has 21 heavy (non-hydrogen) atoms. The Hall–Kier alpha value is -2.07. The van der Waals surface area contributed by atoms with Crippen LogP contribution in [0.4, 0.5) is 0 Å². The molecule has 1 unspecified atom stereocenters. The minimum absolute atomic E-state index is 0.184. The van der Waals surface area contributed by atoms with E-state index in [2.05, 4.69) is 24.9 Å². The van der Waals surface area contributed by atoms with Gasteiger partial charge in [-0.05, 0) is 37.6 Å². The van der Waals surface area contributed by atoms with Gasteiger partial charge in [0.25, 0.3) is 0 Å². The second-order valence-corrected chi connectivity index (χ2v) is 5.91. The predicted octanol–water partition coefficient (Wildman–Crippen LogP) is 2.87. The number of ether oxygens (including phenoxy) is 2. The summed E-state index contributed by atoms with van der Waals surface area (Å²) in [5.41, 5.74) is 7.88. The maximum absolute atomic E-state index is 6.11. The molecule has 4 nitrogen and oxygen atoms in total. The maximum Gasteiger partial charge on any atom is 0.165 e. The zero-order valence-electron chi connectivity index (χ0n) is 12.4. The molecular weight excluding hydrogens is 264 g/mol. The van der Waals surface area contributed by atoms with Crippen molar-refractivity contribution in [2.45, 2.75) is 32.0 Å². The summed E-state index contributed by atoms with van der Waals surface area (Å²) in [4.78, 5) is 4.02. The van der Waals surface area contributed by atoms with Gasteiger partial charge in [0.1, 0.15) is 11.7 Å².